The first-order valence-corrected chi connectivity index (χ1v) is 12.7. The third kappa shape index (κ3) is 4.35. The van der Waals surface area contributed by atoms with Crippen LogP contribution in [0.25, 0.3) is 0 Å². The molecule has 0 bridgehead atoms. The first-order chi connectivity index (χ1) is 17.3. The summed E-state index contributed by atoms with van der Waals surface area (Å²) in [6.07, 6.45) is 17.5. The predicted molar refractivity (Wildman–Crippen MR) is 140 cm³/mol. The second kappa shape index (κ2) is 9.58. The summed E-state index contributed by atoms with van der Waals surface area (Å²) in [6, 6.07) is 8.16. The van der Waals surface area contributed by atoms with Crippen LogP contribution < -0.4 is 4.74 Å². The molecule has 1 amide bonds. The van der Waals surface area contributed by atoms with Crippen molar-refractivity contribution < 1.29 is 19.4 Å². The Morgan fingerprint density at radius 2 is 1.89 bits per heavy atom. The fourth-order valence-electron chi connectivity index (χ4n) is 6.19. The standard InChI is InChI=1S/C30H34N2O4/c1-20-17-26-23(18-28(33)34)8-6-16-30(26,2)32(20)29(35)22-11-14-25(15-12-22)36-19-24-13-10-21-7-4-5-9-27(21)31(24)3/h4-9,11-12,14-15,17,21,24,27H,10,13,16,18-19H2,1-3H3,(H,33,34). The molecule has 0 radical (unpaired) electrons. The van der Waals surface area contributed by atoms with Crippen LogP contribution in [0.2, 0.25) is 0 Å². The largest absolute Gasteiger partial charge is 0.492 e. The van der Waals surface area contributed by atoms with E-state index in [9.17, 15) is 14.7 Å². The highest BCUT2D eigenvalue weighted by molar-refractivity contribution is 5.97. The summed E-state index contributed by atoms with van der Waals surface area (Å²) in [4.78, 5) is 29.2. The summed E-state index contributed by atoms with van der Waals surface area (Å²) in [7, 11) is 2.17. The van der Waals surface area contributed by atoms with Gasteiger partial charge in [-0.2, -0.15) is 0 Å². The molecule has 1 N–H and O–H groups in total. The minimum atomic E-state index is -0.871. The Hall–Kier alpha value is -3.38. The average molecular weight is 487 g/mol. The molecule has 1 aromatic carbocycles. The topological polar surface area (TPSA) is 70.1 Å². The van der Waals surface area contributed by atoms with Crippen LogP contribution in [0, 0.1) is 5.92 Å². The average Bonchev–Trinajstić information content (AvgIpc) is 3.14. The normalized spacial score (nSPS) is 29.1. The van der Waals surface area contributed by atoms with E-state index in [1.807, 2.05) is 61.2 Å². The molecule has 6 nitrogen and oxygen atoms in total. The fourth-order valence-corrected chi connectivity index (χ4v) is 6.19. The number of allylic oxidation sites excluding steroid dienone is 4. The maximum atomic E-state index is 13.6. The van der Waals surface area contributed by atoms with E-state index in [1.165, 1.54) is 6.42 Å². The number of carbonyl (C=O) groups excluding carboxylic acids is 1. The van der Waals surface area contributed by atoms with Crippen molar-refractivity contribution in [1.82, 2.24) is 9.80 Å². The summed E-state index contributed by atoms with van der Waals surface area (Å²) in [5.74, 6) is 0.379. The molecule has 1 saturated heterocycles. The molecule has 2 aliphatic heterocycles. The van der Waals surface area contributed by atoms with Crippen molar-refractivity contribution in [3.8, 4) is 5.75 Å². The molecule has 0 saturated carbocycles. The summed E-state index contributed by atoms with van der Waals surface area (Å²) >= 11 is 0. The van der Waals surface area contributed by atoms with Crippen LogP contribution in [0.5, 0.6) is 5.75 Å². The van der Waals surface area contributed by atoms with Gasteiger partial charge >= 0.3 is 5.97 Å². The molecule has 2 heterocycles. The van der Waals surface area contributed by atoms with E-state index in [4.69, 9.17) is 4.74 Å². The molecular formula is C30H34N2O4. The number of hydrogen-bond acceptors (Lipinski definition) is 4. The Labute approximate surface area is 212 Å². The lowest BCUT2D eigenvalue weighted by Crippen LogP contribution is -2.50. The maximum Gasteiger partial charge on any atom is 0.307 e. The monoisotopic (exact) mass is 486 g/mol. The van der Waals surface area contributed by atoms with Gasteiger partial charge in [0, 0.05) is 23.3 Å². The third-order valence-electron chi connectivity index (χ3n) is 8.14. The third-order valence-corrected chi connectivity index (χ3v) is 8.14. The number of carboxylic acids is 1. The summed E-state index contributed by atoms with van der Waals surface area (Å²) in [5, 5.41) is 9.32. The molecule has 0 aromatic heterocycles. The number of rotatable bonds is 6. The molecule has 2 aliphatic carbocycles. The molecule has 5 rings (SSSR count). The minimum absolute atomic E-state index is 0.0517. The lowest BCUT2D eigenvalue weighted by atomic mass is 9.81. The lowest BCUT2D eigenvalue weighted by Gasteiger charge is -2.43. The molecule has 4 atom stereocenters. The van der Waals surface area contributed by atoms with E-state index < -0.39 is 11.5 Å². The van der Waals surface area contributed by atoms with Gasteiger partial charge in [-0.3, -0.25) is 14.5 Å². The Morgan fingerprint density at radius 1 is 1.14 bits per heavy atom. The molecular weight excluding hydrogens is 452 g/mol. The molecule has 36 heavy (non-hydrogen) atoms. The zero-order chi connectivity index (χ0) is 25.4. The highest BCUT2D eigenvalue weighted by Gasteiger charge is 2.45. The van der Waals surface area contributed by atoms with E-state index in [-0.39, 0.29) is 12.3 Å². The number of carbonyl (C=O) groups is 2. The number of nitrogens with zero attached hydrogens (tertiary/aromatic N) is 2. The van der Waals surface area contributed by atoms with Crippen molar-refractivity contribution in [2.45, 2.75) is 57.2 Å². The van der Waals surface area contributed by atoms with E-state index in [0.717, 1.165) is 29.0 Å². The number of fused-ring (bicyclic) bond motifs is 2. The van der Waals surface area contributed by atoms with Crippen molar-refractivity contribution in [2.24, 2.45) is 5.92 Å². The second-order valence-electron chi connectivity index (χ2n) is 10.5. The van der Waals surface area contributed by atoms with Crippen molar-refractivity contribution in [2.75, 3.05) is 13.7 Å². The van der Waals surface area contributed by atoms with E-state index in [1.54, 1.807) is 0 Å². The highest BCUT2D eigenvalue weighted by Crippen LogP contribution is 2.45. The first-order valence-electron chi connectivity index (χ1n) is 12.7. The number of carboxylic acid groups (broad SMARTS) is 1. The van der Waals surface area contributed by atoms with Gasteiger partial charge in [0.15, 0.2) is 0 Å². The van der Waals surface area contributed by atoms with Crippen LogP contribution >= 0.6 is 0 Å². The zero-order valence-electron chi connectivity index (χ0n) is 21.2. The Morgan fingerprint density at radius 3 is 2.64 bits per heavy atom. The van der Waals surface area contributed by atoms with Crippen molar-refractivity contribution in [3.63, 3.8) is 0 Å². The van der Waals surface area contributed by atoms with Crippen LogP contribution in [-0.4, -0.2) is 58.1 Å². The van der Waals surface area contributed by atoms with Gasteiger partial charge in [-0.05, 0) is 87.6 Å². The second-order valence-corrected chi connectivity index (χ2v) is 10.5. The van der Waals surface area contributed by atoms with Gasteiger partial charge in [0.25, 0.3) is 5.91 Å². The van der Waals surface area contributed by atoms with Crippen LogP contribution in [0.15, 0.2) is 83.6 Å². The van der Waals surface area contributed by atoms with Gasteiger partial charge < -0.3 is 14.7 Å². The van der Waals surface area contributed by atoms with Gasteiger partial charge in [-0.1, -0.05) is 36.5 Å². The predicted octanol–water partition coefficient (Wildman–Crippen LogP) is 5.12. The SMILES string of the molecule is CC1=CC2=C(CC(=O)O)C=CCC2(C)N1C(=O)c1ccc(OCC2CCC3C=CC=CC3N2C)cc1. The Balaban J connectivity index is 1.26. The van der Waals surface area contributed by atoms with Crippen molar-refractivity contribution in [3.05, 3.63) is 89.2 Å². The van der Waals surface area contributed by atoms with Crippen LogP contribution in [0.3, 0.4) is 0 Å². The van der Waals surface area contributed by atoms with Gasteiger partial charge in [0.05, 0.1) is 12.0 Å². The molecule has 1 fully saturated rings. The zero-order valence-corrected chi connectivity index (χ0v) is 21.2. The minimum Gasteiger partial charge on any atom is -0.492 e. The number of ether oxygens (including phenoxy) is 1. The van der Waals surface area contributed by atoms with Gasteiger partial charge in [-0.15, -0.1) is 0 Å². The number of benzene rings is 1. The number of likely N-dealkylation sites (N-methyl/N-ethyl adjacent to an activating group) is 1. The molecule has 4 unspecified atom stereocenters. The Bertz CT molecular complexity index is 1210. The molecule has 188 valence electrons. The van der Waals surface area contributed by atoms with Crippen LogP contribution in [0.4, 0.5) is 0 Å². The van der Waals surface area contributed by atoms with E-state index in [2.05, 4.69) is 36.3 Å². The molecule has 6 heteroatoms. The number of likely N-dealkylation sites (tertiary alicyclic amines) is 1. The fraction of sp³-hybridized carbons (Fsp3) is 0.400. The van der Waals surface area contributed by atoms with Gasteiger partial charge in [-0.25, -0.2) is 0 Å². The molecule has 4 aliphatic rings. The maximum absolute atomic E-state index is 13.6. The Kier molecular flexibility index (Phi) is 6.47. The highest BCUT2D eigenvalue weighted by atomic mass is 16.5. The van der Waals surface area contributed by atoms with Gasteiger partial charge in [0.1, 0.15) is 12.4 Å². The number of amides is 1. The van der Waals surface area contributed by atoms with E-state index >= 15 is 0 Å². The van der Waals surface area contributed by atoms with Crippen LogP contribution in [0.1, 0.15) is 49.9 Å². The molecule has 1 aromatic rings. The van der Waals surface area contributed by atoms with Crippen LogP contribution in [-0.2, 0) is 4.79 Å². The molecule has 0 spiro atoms. The quantitative estimate of drug-likeness (QED) is 0.604. The number of piperidine rings is 1. The smallest absolute Gasteiger partial charge is 0.307 e. The van der Waals surface area contributed by atoms with E-state index in [0.29, 0.717) is 36.6 Å². The summed E-state index contributed by atoms with van der Waals surface area (Å²) in [5.41, 5.74) is 2.51. The number of aliphatic carboxylic acids is 1. The van der Waals surface area contributed by atoms with Crippen molar-refractivity contribution in [1.29, 1.82) is 0 Å². The van der Waals surface area contributed by atoms with Gasteiger partial charge in [0.2, 0.25) is 0 Å². The summed E-state index contributed by atoms with van der Waals surface area (Å²) in [6.45, 7) is 4.54. The lowest BCUT2D eigenvalue weighted by molar-refractivity contribution is -0.136. The first kappa shape index (κ1) is 24.3. The van der Waals surface area contributed by atoms with Crippen molar-refractivity contribution >= 4 is 11.9 Å². The summed E-state index contributed by atoms with van der Waals surface area (Å²) < 4.78 is 6.14. The number of hydrogen-bond donors (Lipinski definition) is 1.